The molecule has 2 unspecified atom stereocenters. The van der Waals surface area contributed by atoms with Crippen LogP contribution in [0.3, 0.4) is 0 Å². The predicted octanol–water partition coefficient (Wildman–Crippen LogP) is 2.17. The molecule has 0 heterocycles. The molecule has 0 aliphatic heterocycles. The van der Waals surface area contributed by atoms with Gasteiger partial charge >= 0.3 is 0 Å². The molecule has 0 radical (unpaired) electrons. The van der Waals surface area contributed by atoms with Crippen molar-refractivity contribution < 1.29 is 13.9 Å². The van der Waals surface area contributed by atoms with Crippen LogP contribution in [0.25, 0.3) is 0 Å². The molecule has 1 aliphatic carbocycles. The third kappa shape index (κ3) is 4.43. The summed E-state index contributed by atoms with van der Waals surface area (Å²) >= 11 is 0. The van der Waals surface area contributed by atoms with E-state index in [0.29, 0.717) is 5.92 Å². The van der Waals surface area contributed by atoms with Gasteiger partial charge in [0, 0.05) is 6.04 Å². The van der Waals surface area contributed by atoms with Crippen LogP contribution >= 0.6 is 0 Å². The second kappa shape index (κ2) is 5.75. The summed E-state index contributed by atoms with van der Waals surface area (Å²) in [5.41, 5.74) is 0. The van der Waals surface area contributed by atoms with Gasteiger partial charge in [-0.2, -0.15) is 0 Å². The fourth-order valence-electron chi connectivity index (χ4n) is 2.20. The highest BCUT2D eigenvalue weighted by Gasteiger charge is 2.29. The quantitative estimate of drug-likeness (QED) is 0.745. The summed E-state index contributed by atoms with van der Waals surface area (Å²) in [4.78, 5) is 0. The van der Waals surface area contributed by atoms with Gasteiger partial charge in [-0.3, -0.25) is 0 Å². The van der Waals surface area contributed by atoms with E-state index in [0.717, 1.165) is 25.7 Å². The molecular formula is C11H21F2NO. The van der Waals surface area contributed by atoms with Crippen LogP contribution in [0, 0.1) is 5.92 Å². The molecule has 0 aromatic rings. The highest BCUT2D eigenvalue weighted by Crippen LogP contribution is 2.26. The monoisotopic (exact) mass is 221 g/mol. The number of halogens is 2. The molecule has 4 heteroatoms. The van der Waals surface area contributed by atoms with E-state index in [1.165, 1.54) is 6.42 Å². The van der Waals surface area contributed by atoms with E-state index in [4.69, 9.17) is 5.11 Å². The Labute approximate surface area is 90.1 Å². The maximum atomic E-state index is 12.8. The van der Waals surface area contributed by atoms with Crippen molar-refractivity contribution in [1.29, 1.82) is 0 Å². The summed E-state index contributed by atoms with van der Waals surface area (Å²) in [7, 11) is 0. The van der Waals surface area contributed by atoms with E-state index < -0.39 is 19.1 Å². The maximum Gasteiger partial charge on any atom is 0.282 e. The number of hydrogen-bond donors (Lipinski definition) is 2. The first-order valence-corrected chi connectivity index (χ1v) is 5.79. The Hall–Kier alpha value is -0.220. The van der Waals surface area contributed by atoms with Crippen LogP contribution in [0.4, 0.5) is 8.78 Å². The number of aliphatic hydroxyl groups excluding tert-OH is 1. The SMILES string of the molecule is CCC1CCCC(NCC(F)(F)CO)C1. The van der Waals surface area contributed by atoms with Gasteiger partial charge in [0.2, 0.25) is 0 Å². The molecule has 1 aliphatic rings. The number of alkyl halides is 2. The molecule has 0 bridgehead atoms. The number of hydrogen-bond acceptors (Lipinski definition) is 2. The van der Waals surface area contributed by atoms with Crippen molar-refractivity contribution in [3.8, 4) is 0 Å². The molecule has 0 spiro atoms. The first-order valence-electron chi connectivity index (χ1n) is 5.79. The Morgan fingerprint density at radius 1 is 1.40 bits per heavy atom. The lowest BCUT2D eigenvalue weighted by Crippen LogP contribution is -2.43. The summed E-state index contributed by atoms with van der Waals surface area (Å²) in [5, 5.41) is 11.3. The summed E-state index contributed by atoms with van der Waals surface area (Å²) in [6, 6.07) is 0.209. The molecule has 0 aromatic heterocycles. The van der Waals surface area contributed by atoms with Crippen LogP contribution < -0.4 is 5.32 Å². The molecule has 1 fully saturated rings. The molecular weight excluding hydrogens is 200 g/mol. The van der Waals surface area contributed by atoms with Gasteiger partial charge in [-0.05, 0) is 18.8 Å². The van der Waals surface area contributed by atoms with Gasteiger partial charge in [0.1, 0.15) is 6.61 Å². The molecule has 15 heavy (non-hydrogen) atoms. The minimum atomic E-state index is -2.97. The zero-order valence-corrected chi connectivity index (χ0v) is 9.31. The zero-order chi connectivity index (χ0) is 11.3. The van der Waals surface area contributed by atoms with Gasteiger partial charge < -0.3 is 10.4 Å². The van der Waals surface area contributed by atoms with Crippen molar-refractivity contribution in [2.24, 2.45) is 5.92 Å². The van der Waals surface area contributed by atoms with E-state index in [1.54, 1.807) is 0 Å². The van der Waals surface area contributed by atoms with Crippen LogP contribution in [-0.2, 0) is 0 Å². The molecule has 1 saturated carbocycles. The van der Waals surface area contributed by atoms with Crippen LogP contribution in [0.2, 0.25) is 0 Å². The van der Waals surface area contributed by atoms with Crippen molar-refractivity contribution in [3.05, 3.63) is 0 Å². The third-order valence-electron chi connectivity index (χ3n) is 3.24. The van der Waals surface area contributed by atoms with Crippen molar-refractivity contribution in [2.45, 2.75) is 51.0 Å². The van der Waals surface area contributed by atoms with Gasteiger partial charge in [-0.1, -0.05) is 26.2 Å². The topological polar surface area (TPSA) is 32.3 Å². The second-order valence-corrected chi connectivity index (χ2v) is 4.53. The molecule has 2 nitrogen and oxygen atoms in total. The first-order chi connectivity index (χ1) is 7.07. The standard InChI is InChI=1S/C11H21F2NO/c1-2-9-4-3-5-10(6-9)14-7-11(12,13)8-15/h9-10,14-15H,2-8H2,1H3. The molecule has 0 aromatic carbocycles. The fourth-order valence-corrected chi connectivity index (χ4v) is 2.20. The minimum Gasteiger partial charge on any atom is -0.390 e. The normalized spacial score (nSPS) is 28.0. The van der Waals surface area contributed by atoms with Crippen molar-refractivity contribution in [1.82, 2.24) is 5.32 Å². The Kier molecular flexibility index (Phi) is 4.93. The molecule has 0 amide bonds. The van der Waals surface area contributed by atoms with E-state index in [-0.39, 0.29) is 6.04 Å². The zero-order valence-electron chi connectivity index (χ0n) is 9.31. The van der Waals surface area contributed by atoms with Gasteiger partial charge in [-0.15, -0.1) is 0 Å². The lowest BCUT2D eigenvalue weighted by molar-refractivity contribution is -0.0503. The Morgan fingerprint density at radius 2 is 2.13 bits per heavy atom. The summed E-state index contributed by atoms with van der Waals surface area (Å²) in [6.45, 7) is 0.684. The van der Waals surface area contributed by atoms with E-state index in [2.05, 4.69) is 12.2 Å². The average molecular weight is 221 g/mol. The van der Waals surface area contributed by atoms with E-state index in [1.807, 2.05) is 0 Å². The molecule has 2 atom stereocenters. The van der Waals surface area contributed by atoms with Crippen molar-refractivity contribution in [3.63, 3.8) is 0 Å². The summed E-state index contributed by atoms with van der Waals surface area (Å²) in [6.07, 6.45) is 5.47. The Balaban J connectivity index is 2.26. The van der Waals surface area contributed by atoms with E-state index in [9.17, 15) is 8.78 Å². The highest BCUT2D eigenvalue weighted by atomic mass is 19.3. The minimum absolute atomic E-state index is 0.209. The summed E-state index contributed by atoms with van der Waals surface area (Å²) in [5.74, 6) is -2.29. The van der Waals surface area contributed by atoms with Crippen molar-refractivity contribution in [2.75, 3.05) is 13.2 Å². The van der Waals surface area contributed by atoms with E-state index >= 15 is 0 Å². The average Bonchev–Trinajstić information content (AvgIpc) is 2.27. The fraction of sp³-hybridized carbons (Fsp3) is 1.00. The molecule has 90 valence electrons. The van der Waals surface area contributed by atoms with Crippen LogP contribution in [0.5, 0.6) is 0 Å². The summed E-state index contributed by atoms with van der Waals surface area (Å²) < 4.78 is 25.5. The number of rotatable bonds is 5. The lowest BCUT2D eigenvalue weighted by Gasteiger charge is -2.30. The lowest BCUT2D eigenvalue weighted by atomic mass is 9.84. The third-order valence-corrected chi connectivity index (χ3v) is 3.24. The van der Waals surface area contributed by atoms with Gasteiger partial charge in [0.25, 0.3) is 5.92 Å². The smallest absolute Gasteiger partial charge is 0.282 e. The van der Waals surface area contributed by atoms with Crippen LogP contribution in [-0.4, -0.2) is 30.2 Å². The largest absolute Gasteiger partial charge is 0.390 e. The molecule has 0 saturated heterocycles. The maximum absolute atomic E-state index is 12.8. The number of aliphatic hydroxyl groups is 1. The predicted molar refractivity (Wildman–Crippen MR) is 56.1 cm³/mol. The van der Waals surface area contributed by atoms with Gasteiger partial charge in [0.15, 0.2) is 0 Å². The first kappa shape index (κ1) is 12.8. The highest BCUT2D eigenvalue weighted by molar-refractivity contribution is 4.79. The Morgan fingerprint density at radius 3 is 2.73 bits per heavy atom. The molecule has 1 rings (SSSR count). The second-order valence-electron chi connectivity index (χ2n) is 4.53. The molecule has 2 N–H and O–H groups in total. The van der Waals surface area contributed by atoms with Gasteiger partial charge in [-0.25, -0.2) is 8.78 Å². The number of nitrogens with one attached hydrogen (secondary N) is 1. The van der Waals surface area contributed by atoms with Crippen LogP contribution in [0.15, 0.2) is 0 Å². The van der Waals surface area contributed by atoms with Gasteiger partial charge in [0.05, 0.1) is 6.54 Å². The van der Waals surface area contributed by atoms with Crippen LogP contribution in [0.1, 0.15) is 39.0 Å². The van der Waals surface area contributed by atoms with Crippen molar-refractivity contribution >= 4 is 0 Å². The Bertz CT molecular complexity index is 187.